The Kier molecular flexibility index (Phi) is 3.45. The van der Waals surface area contributed by atoms with E-state index in [0.29, 0.717) is 0 Å². The first-order chi connectivity index (χ1) is 7.67. The molecule has 1 aromatic heterocycles. The van der Waals surface area contributed by atoms with Crippen LogP contribution < -0.4 is 9.74 Å². The topological polar surface area (TPSA) is 78.3 Å². The van der Waals surface area contributed by atoms with Gasteiger partial charge in [0.2, 0.25) is 0 Å². The first-order valence-corrected chi connectivity index (χ1v) is 5.67. The molecule has 0 aliphatic rings. The standard InChI is InChI=1S/C7H7F3N2O4S/c1-2-12-6(13)4-3-5(11-12)16-17(14,15)7(8,9)10/h3-4H,2H2,1H3. The van der Waals surface area contributed by atoms with Gasteiger partial charge < -0.3 is 4.18 Å². The van der Waals surface area contributed by atoms with Crippen molar-refractivity contribution in [2.45, 2.75) is 19.0 Å². The normalized spacial score (nSPS) is 12.5. The van der Waals surface area contributed by atoms with E-state index in [1.54, 1.807) is 0 Å². The highest BCUT2D eigenvalue weighted by Gasteiger charge is 2.48. The predicted octanol–water partition coefficient (Wildman–Crippen LogP) is 0.492. The highest BCUT2D eigenvalue weighted by Crippen LogP contribution is 2.25. The summed E-state index contributed by atoms with van der Waals surface area (Å²) in [5, 5.41) is 3.29. The molecule has 0 aliphatic carbocycles. The summed E-state index contributed by atoms with van der Waals surface area (Å²) in [7, 11) is -5.77. The Bertz CT molecular complexity index is 563. The van der Waals surface area contributed by atoms with Crippen molar-refractivity contribution < 1.29 is 25.8 Å². The Morgan fingerprint density at radius 3 is 2.47 bits per heavy atom. The number of aryl methyl sites for hydroxylation is 1. The molecule has 0 radical (unpaired) electrons. The summed E-state index contributed by atoms with van der Waals surface area (Å²) in [6.45, 7) is 1.58. The van der Waals surface area contributed by atoms with E-state index in [-0.39, 0.29) is 6.54 Å². The molecule has 1 aromatic rings. The Morgan fingerprint density at radius 2 is 2.00 bits per heavy atom. The van der Waals surface area contributed by atoms with Crippen LogP contribution in [-0.2, 0) is 16.7 Å². The lowest BCUT2D eigenvalue weighted by Crippen LogP contribution is -2.29. The van der Waals surface area contributed by atoms with Gasteiger partial charge in [0.05, 0.1) is 0 Å². The molecule has 0 unspecified atom stereocenters. The zero-order valence-electron chi connectivity index (χ0n) is 8.43. The minimum atomic E-state index is -5.77. The Balaban J connectivity index is 3.10. The van der Waals surface area contributed by atoms with E-state index in [1.165, 1.54) is 6.92 Å². The van der Waals surface area contributed by atoms with Crippen LogP contribution in [0, 0.1) is 0 Å². The summed E-state index contributed by atoms with van der Waals surface area (Å²) in [6, 6.07) is 1.61. The Labute approximate surface area is 93.8 Å². The van der Waals surface area contributed by atoms with Crippen molar-refractivity contribution in [1.82, 2.24) is 9.78 Å². The molecule has 0 fully saturated rings. The third-order valence-corrected chi connectivity index (χ3v) is 2.58. The van der Waals surface area contributed by atoms with E-state index in [2.05, 4.69) is 9.28 Å². The van der Waals surface area contributed by atoms with Gasteiger partial charge in [0.1, 0.15) is 0 Å². The monoisotopic (exact) mass is 272 g/mol. The fourth-order valence-corrected chi connectivity index (χ4v) is 1.27. The first kappa shape index (κ1) is 13.5. The summed E-state index contributed by atoms with van der Waals surface area (Å²) in [4.78, 5) is 11.0. The van der Waals surface area contributed by atoms with Crippen LogP contribution in [0.1, 0.15) is 6.92 Å². The van der Waals surface area contributed by atoms with E-state index in [4.69, 9.17) is 0 Å². The molecular weight excluding hydrogens is 265 g/mol. The second-order valence-electron chi connectivity index (χ2n) is 2.81. The summed E-state index contributed by atoms with van der Waals surface area (Å²) in [6.07, 6.45) is 0. The fourth-order valence-electron chi connectivity index (χ4n) is 0.861. The van der Waals surface area contributed by atoms with Crippen LogP contribution >= 0.6 is 0 Å². The average Bonchev–Trinajstić information content (AvgIpc) is 2.19. The van der Waals surface area contributed by atoms with Crippen LogP contribution in [0.5, 0.6) is 5.88 Å². The van der Waals surface area contributed by atoms with Gasteiger partial charge >= 0.3 is 15.6 Å². The van der Waals surface area contributed by atoms with Gasteiger partial charge in [-0.1, -0.05) is 0 Å². The number of nitrogens with zero attached hydrogens (tertiary/aromatic N) is 2. The van der Waals surface area contributed by atoms with E-state index >= 15 is 0 Å². The SMILES string of the molecule is CCn1nc(OS(=O)(=O)C(F)(F)F)ccc1=O. The number of aromatic nitrogens is 2. The number of alkyl halides is 3. The van der Waals surface area contributed by atoms with Gasteiger partial charge in [0, 0.05) is 18.7 Å². The number of rotatable bonds is 3. The number of halogens is 3. The average molecular weight is 272 g/mol. The molecule has 0 atom stereocenters. The molecule has 0 amide bonds. The molecule has 6 nitrogen and oxygen atoms in total. The zero-order chi connectivity index (χ0) is 13.3. The van der Waals surface area contributed by atoms with Crippen LogP contribution in [0.25, 0.3) is 0 Å². The first-order valence-electron chi connectivity index (χ1n) is 4.26. The molecule has 17 heavy (non-hydrogen) atoms. The lowest BCUT2D eigenvalue weighted by Gasteiger charge is -2.09. The van der Waals surface area contributed by atoms with Crippen LogP contribution in [0.15, 0.2) is 16.9 Å². The van der Waals surface area contributed by atoms with Crippen LogP contribution in [-0.4, -0.2) is 23.7 Å². The maximum Gasteiger partial charge on any atom is 0.534 e. The summed E-state index contributed by atoms with van der Waals surface area (Å²) in [5.41, 5.74) is -6.12. The largest absolute Gasteiger partial charge is 0.534 e. The third-order valence-electron chi connectivity index (χ3n) is 1.62. The quantitative estimate of drug-likeness (QED) is 0.591. The molecule has 0 N–H and O–H groups in total. The molecule has 0 saturated carbocycles. The second-order valence-corrected chi connectivity index (χ2v) is 4.35. The molecule has 10 heteroatoms. The minimum Gasteiger partial charge on any atom is -0.354 e. The van der Waals surface area contributed by atoms with Crippen molar-refractivity contribution in [1.29, 1.82) is 0 Å². The van der Waals surface area contributed by atoms with E-state index < -0.39 is 27.1 Å². The Morgan fingerprint density at radius 1 is 1.41 bits per heavy atom. The van der Waals surface area contributed by atoms with E-state index in [0.717, 1.165) is 16.8 Å². The van der Waals surface area contributed by atoms with Crippen LogP contribution in [0.4, 0.5) is 13.2 Å². The lowest BCUT2D eigenvalue weighted by atomic mass is 10.5. The highest BCUT2D eigenvalue weighted by atomic mass is 32.2. The van der Waals surface area contributed by atoms with Gasteiger partial charge in [-0.15, -0.1) is 5.10 Å². The van der Waals surface area contributed by atoms with Crippen molar-refractivity contribution in [3.63, 3.8) is 0 Å². The molecular formula is C7H7F3N2O4S. The fraction of sp³-hybridized carbons (Fsp3) is 0.429. The summed E-state index contributed by atoms with van der Waals surface area (Å²) in [5.74, 6) is -0.816. The van der Waals surface area contributed by atoms with Crippen molar-refractivity contribution in [2.75, 3.05) is 0 Å². The van der Waals surface area contributed by atoms with Gasteiger partial charge in [0.15, 0.2) is 0 Å². The molecule has 0 spiro atoms. The van der Waals surface area contributed by atoms with Crippen molar-refractivity contribution in [2.24, 2.45) is 0 Å². The van der Waals surface area contributed by atoms with Crippen LogP contribution in [0.3, 0.4) is 0 Å². The third kappa shape index (κ3) is 2.96. The molecule has 96 valence electrons. The van der Waals surface area contributed by atoms with Gasteiger partial charge in [-0.3, -0.25) is 4.79 Å². The minimum absolute atomic E-state index is 0.0715. The van der Waals surface area contributed by atoms with E-state index in [9.17, 15) is 26.4 Å². The zero-order valence-corrected chi connectivity index (χ0v) is 9.25. The van der Waals surface area contributed by atoms with Crippen LogP contribution in [0.2, 0.25) is 0 Å². The van der Waals surface area contributed by atoms with Gasteiger partial charge in [-0.25, -0.2) is 4.68 Å². The van der Waals surface area contributed by atoms with Gasteiger partial charge in [0.25, 0.3) is 11.4 Å². The molecule has 0 aromatic carbocycles. The van der Waals surface area contributed by atoms with E-state index in [1.807, 2.05) is 0 Å². The molecule has 0 saturated heterocycles. The molecule has 1 heterocycles. The molecule has 1 rings (SSSR count). The lowest BCUT2D eigenvalue weighted by molar-refractivity contribution is -0.0501. The van der Waals surface area contributed by atoms with Crippen molar-refractivity contribution in [3.05, 3.63) is 22.5 Å². The number of hydrogen-bond acceptors (Lipinski definition) is 5. The predicted molar refractivity (Wildman–Crippen MR) is 49.8 cm³/mol. The number of hydrogen-bond donors (Lipinski definition) is 0. The molecule has 0 bridgehead atoms. The van der Waals surface area contributed by atoms with Gasteiger partial charge in [-0.2, -0.15) is 21.6 Å². The summed E-state index contributed by atoms with van der Waals surface area (Å²) >= 11 is 0. The second kappa shape index (κ2) is 4.35. The molecule has 0 aliphatic heterocycles. The van der Waals surface area contributed by atoms with Gasteiger partial charge in [-0.05, 0) is 6.92 Å². The maximum absolute atomic E-state index is 12.0. The maximum atomic E-state index is 12.0. The summed E-state index contributed by atoms with van der Waals surface area (Å²) < 4.78 is 61.7. The highest BCUT2D eigenvalue weighted by molar-refractivity contribution is 7.87. The Hall–Kier alpha value is -1.58. The van der Waals surface area contributed by atoms with Crippen molar-refractivity contribution in [3.8, 4) is 5.88 Å². The smallest absolute Gasteiger partial charge is 0.354 e. The van der Waals surface area contributed by atoms with Crippen molar-refractivity contribution >= 4 is 10.1 Å².